The first-order valence-electron chi connectivity index (χ1n) is 9.14. The largest absolute Gasteiger partial charge is 0.338 e. The van der Waals surface area contributed by atoms with Gasteiger partial charge in [-0.1, -0.05) is 6.07 Å². The molecule has 0 saturated carbocycles. The van der Waals surface area contributed by atoms with E-state index >= 15 is 0 Å². The fourth-order valence-electron chi connectivity index (χ4n) is 3.56. The van der Waals surface area contributed by atoms with Crippen molar-refractivity contribution in [2.45, 2.75) is 26.7 Å². The maximum absolute atomic E-state index is 14.1. The van der Waals surface area contributed by atoms with Crippen molar-refractivity contribution in [2.24, 2.45) is 5.92 Å². The molecule has 28 heavy (non-hydrogen) atoms. The fourth-order valence-corrected chi connectivity index (χ4v) is 5.45. The first kappa shape index (κ1) is 19.0. The molecule has 0 spiro atoms. The third kappa shape index (κ3) is 3.54. The van der Waals surface area contributed by atoms with Crippen LogP contribution in [0.1, 0.15) is 33.8 Å². The molecule has 3 heterocycles. The van der Waals surface area contributed by atoms with E-state index in [0.29, 0.717) is 46.9 Å². The monoisotopic (exact) mass is 417 g/mol. The van der Waals surface area contributed by atoms with Crippen LogP contribution in [0.5, 0.6) is 0 Å². The highest BCUT2D eigenvalue weighted by Crippen LogP contribution is 2.34. The summed E-state index contributed by atoms with van der Waals surface area (Å²) in [4.78, 5) is 32.0. The lowest BCUT2D eigenvalue weighted by atomic mass is 9.95. The van der Waals surface area contributed by atoms with E-state index in [1.165, 1.54) is 28.7 Å². The third-order valence-electron chi connectivity index (χ3n) is 5.10. The van der Waals surface area contributed by atoms with Crippen LogP contribution in [0.4, 0.5) is 9.52 Å². The predicted molar refractivity (Wildman–Crippen MR) is 111 cm³/mol. The summed E-state index contributed by atoms with van der Waals surface area (Å²) in [5.74, 6) is -0.540. The van der Waals surface area contributed by atoms with E-state index in [4.69, 9.17) is 0 Å². The van der Waals surface area contributed by atoms with Crippen LogP contribution in [0.25, 0.3) is 10.1 Å². The Labute approximate surface area is 170 Å². The summed E-state index contributed by atoms with van der Waals surface area (Å²) >= 11 is 2.75. The van der Waals surface area contributed by atoms with Crippen LogP contribution in [-0.2, 0) is 4.79 Å². The number of likely N-dealkylation sites (tertiary alicyclic amines) is 1. The lowest BCUT2D eigenvalue weighted by molar-refractivity contribution is -0.121. The molecule has 0 atom stereocenters. The molecular weight excluding hydrogens is 397 g/mol. The molecular formula is C20H20FN3O2S2. The Kier molecular flexibility index (Phi) is 5.16. The van der Waals surface area contributed by atoms with E-state index in [2.05, 4.69) is 10.3 Å². The zero-order valence-corrected chi connectivity index (χ0v) is 17.3. The van der Waals surface area contributed by atoms with Crippen LogP contribution in [0.3, 0.4) is 0 Å². The number of aromatic nitrogens is 1. The Hall–Kier alpha value is -2.32. The second-order valence-corrected chi connectivity index (χ2v) is 8.93. The Morgan fingerprint density at radius 1 is 1.25 bits per heavy atom. The Balaban J connectivity index is 1.42. The smallest absolute Gasteiger partial charge is 0.264 e. The molecule has 1 N–H and O–H groups in total. The Morgan fingerprint density at radius 3 is 2.64 bits per heavy atom. The van der Waals surface area contributed by atoms with Gasteiger partial charge < -0.3 is 10.2 Å². The number of benzene rings is 1. The molecule has 1 aromatic carbocycles. The van der Waals surface area contributed by atoms with E-state index in [-0.39, 0.29) is 23.5 Å². The number of nitrogens with zero attached hydrogens (tertiary/aromatic N) is 2. The zero-order valence-electron chi connectivity index (χ0n) is 15.6. The third-order valence-corrected chi connectivity index (χ3v) is 7.22. The number of aryl methyl sites for hydroxylation is 2. The highest BCUT2D eigenvalue weighted by Gasteiger charge is 2.30. The molecule has 4 rings (SSSR count). The maximum Gasteiger partial charge on any atom is 0.264 e. The maximum atomic E-state index is 14.1. The minimum Gasteiger partial charge on any atom is -0.338 e. The van der Waals surface area contributed by atoms with Crippen LogP contribution in [0.2, 0.25) is 0 Å². The number of hydrogen-bond donors (Lipinski definition) is 1. The molecule has 1 aliphatic heterocycles. The van der Waals surface area contributed by atoms with Gasteiger partial charge in [-0.3, -0.25) is 9.59 Å². The van der Waals surface area contributed by atoms with Crippen molar-refractivity contribution in [3.05, 3.63) is 45.5 Å². The van der Waals surface area contributed by atoms with Crippen molar-refractivity contribution in [3.8, 4) is 0 Å². The lowest BCUT2D eigenvalue weighted by Gasteiger charge is -2.31. The number of amides is 2. The number of carbonyl (C=O) groups is 2. The average Bonchev–Trinajstić information content (AvgIpc) is 3.25. The van der Waals surface area contributed by atoms with Crippen molar-refractivity contribution in [1.29, 1.82) is 0 Å². The summed E-state index contributed by atoms with van der Waals surface area (Å²) in [5.41, 5.74) is 1.58. The molecule has 3 aromatic rings. The van der Waals surface area contributed by atoms with Gasteiger partial charge in [0, 0.05) is 34.5 Å². The van der Waals surface area contributed by atoms with Crippen molar-refractivity contribution >= 4 is 49.7 Å². The van der Waals surface area contributed by atoms with Crippen LogP contribution in [0.15, 0.2) is 23.6 Å². The second kappa shape index (κ2) is 7.60. The van der Waals surface area contributed by atoms with Gasteiger partial charge in [-0.15, -0.1) is 22.7 Å². The van der Waals surface area contributed by atoms with E-state index in [1.54, 1.807) is 17.9 Å². The number of anilines is 1. The number of fused-ring (bicyclic) bond motifs is 1. The van der Waals surface area contributed by atoms with Gasteiger partial charge in [0.25, 0.3) is 5.91 Å². The molecule has 2 amide bonds. The SMILES string of the molecule is Cc1csc(NC(=O)C2CCN(C(=O)c3sc4cccc(F)c4c3C)CC2)n1. The number of halogens is 1. The molecule has 1 saturated heterocycles. The molecule has 0 unspecified atom stereocenters. The van der Waals surface area contributed by atoms with Crippen molar-refractivity contribution in [3.63, 3.8) is 0 Å². The van der Waals surface area contributed by atoms with Gasteiger partial charge >= 0.3 is 0 Å². The Morgan fingerprint density at radius 2 is 2.00 bits per heavy atom. The van der Waals surface area contributed by atoms with Gasteiger partial charge in [-0.05, 0) is 44.4 Å². The predicted octanol–water partition coefficient (Wildman–Crippen LogP) is 4.60. The Bertz CT molecular complexity index is 1050. The molecule has 1 aliphatic rings. The molecule has 2 aromatic heterocycles. The minimum atomic E-state index is -0.293. The van der Waals surface area contributed by atoms with E-state index < -0.39 is 0 Å². The van der Waals surface area contributed by atoms with Gasteiger partial charge in [0.2, 0.25) is 5.91 Å². The zero-order chi connectivity index (χ0) is 19.8. The normalized spacial score (nSPS) is 15.2. The van der Waals surface area contributed by atoms with Gasteiger partial charge in [0.05, 0.1) is 10.6 Å². The number of thiophene rings is 1. The number of hydrogen-bond acceptors (Lipinski definition) is 5. The molecule has 1 fully saturated rings. The first-order valence-corrected chi connectivity index (χ1v) is 10.8. The number of rotatable bonds is 3. The number of carbonyl (C=O) groups excluding carboxylic acids is 2. The highest BCUT2D eigenvalue weighted by atomic mass is 32.1. The van der Waals surface area contributed by atoms with E-state index in [9.17, 15) is 14.0 Å². The van der Waals surface area contributed by atoms with Crippen molar-refractivity contribution in [1.82, 2.24) is 9.88 Å². The lowest BCUT2D eigenvalue weighted by Crippen LogP contribution is -2.41. The number of thiazole rings is 1. The van der Waals surface area contributed by atoms with Gasteiger partial charge in [-0.2, -0.15) is 0 Å². The summed E-state index contributed by atoms with van der Waals surface area (Å²) in [6.07, 6.45) is 1.22. The van der Waals surface area contributed by atoms with Gasteiger partial charge in [0.1, 0.15) is 5.82 Å². The van der Waals surface area contributed by atoms with Crippen molar-refractivity contribution < 1.29 is 14.0 Å². The van der Waals surface area contributed by atoms with Crippen LogP contribution in [0, 0.1) is 25.6 Å². The molecule has 8 heteroatoms. The fraction of sp³-hybridized carbons (Fsp3) is 0.350. The summed E-state index contributed by atoms with van der Waals surface area (Å²) in [7, 11) is 0. The molecule has 5 nitrogen and oxygen atoms in total. The number of piperidine rings is 1. The topological polar surface area (TPSA) is 62.3 Å². The molecule has 0 radical (unpaired) electrons. The summed E-state index contributed by atoms with van der Waals surface area (Å²) in [6.45, 7) is 4.72. The van der Waals surface area contributed by atoms with Gasteiger partial charge in [0.15, 0.2) is 5.13 Å². The molecule has 0 aliphatic carbocycles. The highest BCUT2D eigenvalue weighted by molar-refractivity contribution is 7.21. The summed E-state index contributed by atoms with van der Waals surface area (Å²) in [5, 5.41) is 5.91. The van der Waals surface area contributed by atoms with E-state index in [0.717, 1.165) is 10.4 Å². The number of nitrogens with one attached hydrogen (secondary N) is 1. The van der Waals surface area contributed by atoms with Crippen LogP contribution in [-0.4, -0.2) is 34.8 Å². The summed E-state index contributed by atoms with van der Waals surface area (Å²) < 4.78 is 14.9. The summed E-state index contributed by atoms with van der Waals surface area (Å²) in [6, 6.07) is 4.92. The molecule has 146 valence electrons. The molecule has 0 bridgehead atoms. The average molecular weight is 418 g/mol. The standard InChI is InChI=1S/C20H20FN3O2S2/c1-11-10-27-20(22-11)23-18(25)13-6-8-24(9-7-13)19(26)17-12(2)16-14(21)4-3-5-15(16)28-17/h3-5,10,13H,6-9H2,1-2H3,(H,22,23,25). The first-order chi connectivity index (χ1) is 13.4. The van der Waals surface area contributed by atoms with Crippen LogP contribution < -0.4 is 5.32 Å². The quantitative estimate of drug-likeness (QED) is 0.677. The van der Waals surface area contributed by atoms with Crippen molar-refractivity contribution in [2.75, 3.05) is 18.4 Å². The van der Waals surface area contributed by atoms with Gasteiger partial charge in [-0.25, -0.2) is 9.37 Å². The van der Waals surface area contributed by atoms with E-state index in [1.807, 2.05) is 18.4 Å². The second-order valence-electron chi connectivity index (χ2n) is 7.02. The minimum absolute atomic E-state index is 0.0402. The van der Waals surface area contributed by atoms with Crippen LogP contribution >= 0.6 is 22.7 Å².